The second-order valence-corrected chi connectivity index (χ2v) is 8.49. The molecule has 0 bridgehead atoms. The van der Waals surface area contributed by atoms with Crippen molar-refractivity contribution in [1.82, 2.24) is 4.31 Å². The fourth-order valence-electron chi connectivity index (χ4n) is 3.88. The lowest BCUT2D eigenvalue weighted by molar-refractivity contribution is 0.275. The van der Waals surface area contributed by atoms with Gasteiger partial charge in [-0.1, -0.05) is 18.9 Å². The number of hydrogen-bond acceptors (Lipinski definition) is 2. The number of rotatable bonds is 4. The minimum absolute atomic E-state index is 0.0198. The minimum Gasteiger partial charge on any atom is -0.207 e. The van der Waals surface area contributed by atoms with E-state index in [1.54, 1.807) is 4.31 Å². The van der Waals surface area contributed by atoms with Crippen LogP contribution in [0, 0.1) is 0 Å². The van der Waals surface area contributed by atoms with E-state index in [1.807, 2.05) is 32.0 Å². The van der Waals surface area contributed by atoms with Gasteiger partial charge in [-0.05, 0) is 69.2 Å². The Hall–Kier alpha value is -0.870. The van der Waals surface area contributed by atoms with E-state index >= 15 is 0 Å². The van der Waals surface area contributed by atoms with Crippen molar-refractivity contribution < 1.29 is 8.42 Å². The Bertz CT molecular complexity index is 616. The molecular weight excluding hydrogens is 282 g/mol. The lowest BCUT2D eigenvalue weighted by Crippen LogP contribution is -2.43. The third-order valence-electron chi connectivity index (χ3n) is 4.84. The third-order valence-corrected chi connectivity index (χ3v) is 6.96. The maximum Gasteiger partial charge on any atom is 0.243 e. The first-order chi connectivity index (χ1) is 10.00. The topological polar surface area (TPSA) is 37.4 Å². The van der Waals surface area contributed by atoms with Crippen molar-refractivity contribution >= 4 is 10.0 Å². The van der Waals surface area contributed by atoms with Crippen molar-refractivity contribution in [3.05, 3.63) is 29.3 Å². The average Bonchev–Trinajstić information content (AvgIpc) is 3.07. The largest absolute Gasteiger partial charge is 0.243 e. The van der Waals surface area contributed by atoms with Crippen molar-refractivity contribution in [1.29, 1.82) is 0 Å². The van der Waals surface area contributed by atoms with Gasteiger partial charge in [0.05, 0.1) is 4.90 Å². The number of fused-ring (bicyclic) bond motifs is 1. The molecule has 2 aliphatic rings. The highest BCUT2D eigenvalue weighted by Gasteiger charge is 2.35. The second kappa shape index (κ2) is 5.73. The predicted molar refractivity (Wildman–Crippen MR) is 84.9 cm³/mol. The van der Waals surface area contributed by atoms with Gasteiger partial charge >= 0.3 is 0 Å². The Morgan fingerprint density at radius 3 is 2.38 bits per heavy atom. The molecule has 4 heteroatoms. The lowest BCUT2D eigenvalue weighted by Gasteiger charge is -2.31. The van der Waals surface area contributed by atoms with Gasteiger partial charge in [0, 0.05) is 12.1 Å². The first-order valence-corrected chi connectivity index (χ1v) is 9.59. The van der Waals surface area contributed by atoms with Crippen LogP contribution in [0.4, 0.5) is 0 Å². The summed E-state index contributed by atoms with van der Waals surface area (Å²) in [5, 5.41) is 0. The zero-order valence-corrected chi connectivity index (χ0v) is 13.8. The summed E-state index contributed by atoms with van der Waals surface area (Å²) < 4.78 is 27.9. The highest BCUT2D eigenvalue weighted by molar-refractivity contribution is 7.89. The number of aryl methyl sites for hydroxylation is 2. The number of nitrogens with zero attached hydrogens (tertiary/aromatic N) is 1. The van der Waals surface area contributed by atoms with E-state index in [0.717, 1.165) is 44.9 Å². The van der Waals surface area contributed by atoms with Gasteiger partial charge in [-0.2, -0.15) is 4.31 Å². The number of benzene rings is 1. The Balaban J connectivity index is 1.97. The predicted octanol–water partition coefficient (Wildman–Crippen LogP) is 3.52. The molecule has 0 aliphatic heterocycles. The van der Waals surface area contributed by atoms with Gasteiger partial charge in [0.2, 0.25) is 10.0 Å². The van der Waals surface area contributed by atoms with E-state index in [4.69, 9.17) is 0 Å². The molecule has 0 radical (unpaired) electrons. The standard InChI is InChI=1S/C17H25NO2S/c1-13(2)18(16-8-3-4-9-16)21(19,20)17-11-10-14-6-5-7-15(14)12-17/h10-13,16H,3-9H2,1-2H3. The van der Waals surface area contributed by atoms with E-state index in [-0.39, 0.29) is 12.1 Å². The van der Waals surface area contributed by atoms with Gasteiger partial charge in [0.25, 0.3) is 0 Å². The van der Waals surface area contributed by atoms with Crippen LogP contribution in [0.1, 0.15) is 57.1 Å². The van der Waals surface area contributed by atoms with Crippen LogP contribution < -0.4 is 0 Å². The quantitative estimate of drug-likeness (QED) is 0.853. The number of hydrogen-bond donors (Lipinski definition) is 0. The van der Waals surface area contributed by atoms with Crippen LogP contribution in [0.15, 0.2) is 23.1 Å². The zero-order chi connectivity index (χ0) is 15.0. The molecule has 0 spiro atoms. The van der Waals surface area contributed by atoms with Crippen molar-refractivity contribution in [2.24, 2.45) is 0 Å². The van der Waals surface area contributed by atoms with Gasteiger partial charge in [-0.15, -0.1) is 0 Å². The molecule has 0 N–H and O–H groups in total. The summed E-state index contributed by atoms with van der Waals surface area (Å²) >= 11 is 0. The Morgan fingerprint density at radius 1 is 1.05 bits per heavy atom. The van der Waals surface area contributed by atoms with Crippen molar-refractivity contribution in [3.8, 4) is 0 Å². The van der Waals surface area contributed by atoms with Crippen LogP contribution in [0.2, 0.25) is 0 Å². The molecule has 1 saturated carbocycles. The molecule has 2 aliphatic carbocycles. The highest BCUT2D eigenvalue weighted by Crippen LogP contribution is 2.32. The Kier molecular flexibility index (Phi) is 4.10. The molecule has 3 nitrogen and oxygen atoms in total. The highest BCUT2D eigenvalue weighted by atomic mass is 32.2. The fraction of sp³-hybridized carbons (Fsp3) is 0.647. The van der Waals surface area contributed by atoms with Crippen molar-refractivity contribution in [3.63, 3.8) is 0 Å². The molecule has 0 aromatic heterocycles. The summed E-state index contributed by atoms with van der Waals surface area (Å²) in [5.41, 5.74) is 2.55. The van der Waals surface area contributed by atoms with Crippen LogP contribution in [0.25, 0.3) is 0 Å². The summed E-state index contributed by atoms with van der Waals surface area (Å²) in [6, 6.07) is 5.95. The number of sulfonamides is 1. The summed E-state index contributed by atoms with van der Waals surface area (Å²) in [6.45, 7) is 3.98. The van der Waals surface area contributed by atoms with Gasteiger partial charge in [0.15, 0.2) is 0 Å². The SMILES string of the molecule is CC(C)N(C1CCCC1)S(=O)(=O)c1ccc2c(c1)CCC2. The molecule has 0 atom stereocenters. The van der Waals surface area contributed by atoms with Crippen LogP contribution in [-0.4, -0.2) is 24.8 Å². The van der Waals surface area contributed by atoms with E-state index in [1.165, 1.54) is 11.1 Å². The summed E-state index contributed by atoms with van der Waals surface area (Å²) in [5.74, 6) is 0. The molecule has 3 rings (SSSR count). The van der Waals surface area contributed by atoms with Gasteiger partial charge in [-0.25, -0.2) is 8.42 Å². The Labute approximate surface area is 128 Å². The molecule has 21 heavy (non-hydrogen) atoms. The molecule has 1 fully saturated rings. The summed E-state index contributed by atoms with van der Waals surface area (Å²) in [6.07, 6.45) is 7.55. The van der Waals surface area contributed by atoms with E-state index in [9.17, 15) is 8.42 Å². The zero-order valence-electron chi connectivity index (χ0n) is 13.0. The summed E-state index contributed by atoms with van der Waals surface area (Å²) in [7, 11) is -3.37. The van der Waals surface area contributed by atoms with Crippen LogP contribution in [0.5, 0.6) is 0 Å². The Morgan fingerprint density at radius 2 is 1.71 bits per heavy atom. The monoisotopic (exact) mass is 307 g/mol. The average molecular weight is 307 g/mol. The van der Waals surface area contributed by atoms with Crippen LogP contribution in [-0.2, 0) is 22.9 Å². The van der Waals surface area contributed by atoms with Crippen molar-refractivity contribution in [2.75, 3.05) is 0 Å². The fourth-order valence-corrected chi connectivity index (χ4v) is 5.82. The van der Waals surface area contributed by atoms with E-state index < -0.39 is 10.0 Å². The van der Waals surface area contributed by atoms with Crippen LogP contribution >= 0.6 is 0 Å². The smallest absolute Gasteiger partial charge is 0.207 e. The molecular formula is C17H25NO2S. The first kappa shape index (κ1) is 15.0. The van der Waals surface area contributed by atoms with Gasteiger partial charge in [0.1, 0.15) is 0 Å². The molecule has 1 aromatic carbocycles. The molecule has 0 amide bonds. The molecule has 0 unspecified atom stereocenters. The molecule has 0 saturated heterocycles. The normalized spacial score (nSPS) is 19.6. The molecule has 0 heterocycles. The van der Waals surface area contributed by atoms with Crippen LogP contribution in [0.3, 0.4) is 0 Å². The minimum atomic E-state index is -3.37. The summed E-state index contributed by atoms with van der Waals surface area (Å²) in [4.78, 5) is 0.490. The lowest BCUT2D eigenvalue weighted by atomic mass is 10.1. The van der Waals surface area contributed by atoms with E-state index in [2.05, 4.69) is 0 Å². The van der Waals surface area contributed by atoms with Gasteiger partial charge < -0.3 is 0 Å². The maximum absolute atomic E-state index is 13.1. The third kappa shape index (κ3) is 2.76. The maximum atomic E-state index is 13.1. The van der Waals surface area contributed by atoms with E-state index in [0.29, 0.717) is 4.90 Å². The van der Waals surface area contributed by atoms with Crippen molar-refractivity contribution in [2.45, 2.75) is 75.8 Å². The molecule has 1 aromatic rings. The van der Waals surface area contributed by atoms with Gasteiger partial charge in [-0.3, -0.25) is 0 Å². The molecule has 116 valence electrons. The second-order valence-electron chi connectivity index (χ2n) is 6.65. The first-order valence-electron chi connectivity index (χ1n) is 8.15.